The standard InChI is InChI=1S/C15H23NO3/c1-5-8-15-9-10-16(11(15)6-7-12(15)17)13(18)19-14(2,3)4/h5,11H,1,6-10H2,2-4H3. The van der Waals surface area contributed by atoms with Gasteiger partial charge in [-0.3, -0.25) is 4.79 Å². The van der Waals surface area contributed by atoms with Crippen LogP contribution in [0.4, 0.5) is 4.79 Å². The van der Waals surface area contributed by atoms with Crippen LogP contribution in [0.3, 0.4) is 0 Å². The molecule has 0 N–H and O–H groups in total. The molecule has 0 aromatic heterocycles. The first kappa shape index (κ1) is 14.1. The summed E-state index contributed by atoms with van der Waals surface area (Å²) in [5, 5.41) is 0. The predicted molar refractivity (Wildman–Crippen MR) is 72.8 cm³/mol. The molecule has 2 unspecified atom stereocenters. The summed E-state index contributed by atoms with van der Waals surface area (Å²) < 4.78 is 5.44. The number of hydrogen-bond acceptors (Lipinski definition) is 3. The maximum atomic E-state index is 12.2. The monoisotopic (exact) mass is 265 g/mol. The number of fused-ring (bicyclic) bond motifs is 1. The van der Waals surface area contributed by atoms with Crippen molar-refractivity contribution in [3.63, 3.8) is 0 Å². The van der Waals surface area contributed by atoms with E-state index in [1.165, 1.54) is 0 Å². The smallest absolute Gasteiger partial charge is 0.410 e. The van der Waals surface area contributed by atoms with Gasteiger partial charge in [0.2, 0.25) is 0 Å². The van der Waals surface area contributed by atoms with Gasteiger partial charge in [0.15, 0.2) is 0 Å². The lowest BCUT2D eigenvalue weighted by Gasteiger charge is -2.31. The number of nitrogens with zero attached hydrogens (tertiary/aromatic N) is 1. The molecule has 0 spiro atoms. The second kappa shape index (κ2) is 4.66. The number of rotatable bonds is 2. The van der Waals surface area contributed by atoms with Crippen molar-refractivity contribution in [2.24, 2.45) is 5.41 Å². The van der Waals surface area contributed by atoms with Crippen LogP contribution in [-0.4, -0.2) is 35.0 Å². The van der Waals surface area contributed by atoms with Crippen LogP contribution in [-0.2, 0) is 9.53 Å². The quantitative estimate of drug-likeness (QED) is 0.721. The molecule has 19 heavy (non-hydrogen) atoms. The molecule has 2 rings (SSSR count). The molecule has 2 fully saturated rings. The first-order valence-electron chi connectivity index (χ1n) is 6.94. The molecule has 2 atom stereocenters. The minimum Gasteiger partial charge on any atom is -0.444 e. The van der Waals surface area contributed by atoms with Gasteiger partial charge in [-0.25, -0.2) is 4.79 Å². The lowest BCUT2D eigenvalue weighted by atomic mass is 9.78. The highest BCUT2D eigenvalue weighted by molar-refractivity contribution is 5.90. The summed E-state index contributed by atoms with van der Waals surface area (Å²) in [7, 11) is 0. The molecule has 2 aliphatic rings. The fourth-order valence-electron chi connectivity index (χ4n) is 3.36. The molecule has 0 aromatic carbocycles. The molecule has 0 bridgehead atoms. The maximum absolute atomic E-state index is 12.2. The Bertz CT molecular complexity index is 410. The number of hydrogen-bond donors (Lipinski definition) is 0. The third-order valence-electron chi connectivity index (χ3n) is 4.15. The Labute approximate surface area is 114 Å². The summed E-state index contributed by atoms with van der Waals surface area (Å²) in [5.41, 5.74) is -0.887. The minimum absolute atomic E-state index is 0.00662. The Morgan fingerprint density at radius 3 is 2.84 bits per heavy atom. The second-order valence-electron chi connectivity index (χ2n) is 6.55. The number of ketones is 1. The number of Topliss-reactive ketones (excluding diaryl/α,β-unsaturated/α-hetero) is 1. The molecule has 1 heterocycles. The van der Waals surface area contributed by atoms with Crippen LogP contribution in [0.25, 0.3) is 0 Å². The van der Waals surface area contributed by atoms with E-state index in [1.807, 2.05) is 20.8 Å². The molecule has 4 nitrogen and oxygen atoms in total. The van der Waals surface area contributed by atoms with Gasteiger partial charge >= 0.3 is 6.09 Å². The first-order chi connectivity index (χ1) is 8.80. The van der Waals surface area contributed by atoms with Gasteiger partial charge in [-0.1, -0.05) is 6.08 Å². The van der Waals surface area contributed by atoms with Crippen LogP contribution in [0.1, 0.15) is 46.5 Å². The SMILES string of the molecule is C=CCC12CCN(C(=O)OC(C)(C)C)C1CCC2=O. The van der Waals surface area contributed by atoms with Crippen molar-refractivity contribution in [2.45, 2.75) is 58.1 Å². The first-order valence-corrected chi connectivity index (χ1v) is 6.94. The zero-order valence-electron chi connectivity index (χ0n) is 12.1. The van der Waals surface area contributed by atoms with Crippen molar-refractivity contribution < 1.29 is 14.3 Å². The molecule has 1 saturated carbocycles. The topological polar surface area (TPSA) is 46.6 Å². The molecular weight excluding hydrogens is 242 g/mol. The van der Waals surface area contributed by atoms with Crippen molar-refractivity contribution in [3.05, 3.63) is 12.7 Å². The zero-order valence-corrected chi connectivity index (χ0v) is 12.1. The van der Waals surface area contributed by atoms with E-state index in [1.54, 1.807) is 11.0 Å². The van der Waals surface area contributed by atoms with E-state index in [4.69, 9.17) is 4.74 Å². The molecular formula is C15H23NO3. The Morgan fingerprint density at radius 2 is 2.26 bits per heavy atom. The number of carbonyl (C=O) groups excluding carboxylic acids is 2. The van der Waals surface area contributed by atoms with E-state index >= 15 is 0 Å². The lowest BCUT2D eigenvalue weighted by molar-refractivity contribution is -0.125. The van der Waals surface area contributed by atoms with Crippen LogP contribution < -0.4 is 0 Å². The number of likely N-dealkylation sites (tertiary alicyclic amines) is 1. The molecule has 0 aromatic rings. The number of ether oxygens (including phenoxy) is 1. The van der Waals surface area contributed by atoms with Gasteiger partial charge in [-0.05, 0) is 40.0 Å². The number of amides is 1. The Morgan fingerprint density at radius 1 is 1.58 bits per heavy atom. The van der Waals surface area contributed by atoms with Crippen LogP contribution in [0.15, 0.2) is 12.7 Å². The molecule has 1 amide bonds. The highest BCUT2D eigenvalue weighted by Crippen LogP contribution is 2.49. The summed E-state index contributed by atoms with van der Waals surface area (Å²) in [6.07, 6.45) is 4.23. The summed E-state index contributed by atoms with van der Waals surface area (Å²) in [4.78, 5) is 26.2. The molecule has 4 heteroatoms. The van der Waals surface area contributed by atoms with E-state index < -0.39 is 11.0 Å². The second-order valence-corrected chi connectivity index (χ2v) is 6.55. The van der Waals surface area contributed by atoms with Crippen LogP contribution in [0, 0.1) is 5.41 Å². The van der Waals surface area contributed by atoms with Crippen LogP contribution >= 0.6 is 0 Å². The molecule has 1 saturated heterocycles. The summed E-state index contributed by atoms with van der Waals surface area (Å²) in [5.74, 6) is 0.281. The Hall–Kier alpha value is -1.32. The van der Waals surface area contributed by atoms with E-state index in [-0.39, 0.29) is 17.9 Å². The fourth-order valence-corrected chi connectivity index (χ4v) is 3.36. The van der Waals surface area contributed by atoms with E-state index in [2.05, 4.69) is 6.58 Å². The van der Waals surface area contributed by atoms with Gasteiger partial charge in [-0.15, -0.1) is 6.58 Å². The van der Waals surface area contributed by atoms with Gasteiger partial charge in [-0.2, -0.15) is 0 Å². The maximum Gasteiger partial charge on any atom is 0.410 e. The van der Waals surface area contributed by atoms with Crippen molar-refractivity contribution in [1.29, 1.82) is 0 Å². The highest BCUT2D eigenvalue weighted by Gasteiger charge is 2.56. The van der Waals surface area contributed by atoms with E-state index in [0.717, 1.165) is 12.8 Å². The van der Waals surface area contributed by atoms with Crippen molar-refractivity contribution >= 4 is 11.9 Å². The van der Waals surface area contributed by atoms with E-state index in [0.29, 0.717) is 19.4 Å². The normalized spacial score (nSPS) is 30.4. The lowest BCUT2D eigenvalue weighted by Crippen LogP contribution is -2.43. The van der Waals surface area contributed by atoms with Crippen molar-refractivity contribution in [1.82, 2.24) is 4.90 Å². The van der Waals surface area contributed by atoms with Gasteiger partial charge in [0, 0.05) is 19.0 Å². The van der Waals surface area contributed by atoms with Crippen molar-refractivity contribution in [3.8, 4) is 0 Å². The summed E-state index contributed by atoms with van der Waals surface area (Å²) in [6, 6.07) is -0.00662. The molecule has 0 radical (unpaired) electrons. The Kier molecular flexibility index (Phi) is 3.45. The predicted octanol–water partition coefficient (Wildman–Crippen LogP) is 2.92. The molecule has 1 aliphatic carbocycles. The Balaban J connectivity index is 2.17. The number of carbonyl (C=O) groups is 2. The zero-order chi connectivity index (χ0) is 14.3. The van der Waals surface area contributed by atoms with Gasteiger partial charge in [0.25, 0.3) is 0 Å². The molecule has 1 aliphatic heterocycles. The van der Waals surface area contributed by atoms with Crippen molar-refractivity contribution in [2.75, 3.05) is 6.54 Å². The third kappa shape index (κ3) is 2.40. The summed E-state index contributed by atoms with van der Waals surface area (Å²) >= 11 is 0. The largest absolute Gasteiger partial charge is 0.444 e. The molecule has 106 valence electrons. The van der Waals surface area contributed by atoms with E-state index in [9.17, 15) is 9.59 Å². The number of allylic oxidation sites excluding steroid dienone is 1. The summed E-state index contributed by atoms with van der Waals surface area (Å²) in [6.45, 7) is 9.94. The minimum atomic E-state index is -0.497. The highest BCUT2D eigenvalue weighted by atomic mass is 16.6. The third-order valence-corrected chi connectivity index (χ3v) is 4.15. The average Bonchev–Trinajstić information content (AvgIpc) is 2.76. The van der Waals surface area contributed by atoms with Gasteiger partial charge in [0.05, 0.1) is 5.41 Å². The van der Waals surface area contributed by atoms with Crippen LogP contribution in [0.2, 0.25) is 0 Å². The average molecular weight is 265 g/mol. The van der Waals surface area contributed by atoms with Gasteiger partial charge in [0.1, 0.15) is 11.4 Å². The fraction of sp³-hybridized carbons (Fsp3) is 0.733. The van der Waals surface area contributed by atoms with Gasteiger partial charge < -0.3 is 9.64 Å². The van der Waals surface area contributed by atoms with Crippen LogP contribution in [0.5, 0.6) is 0 Å².